The normalized spacial score (nSPS) is 13.3. The molecule has 29 heavy (non-hydrogen) atoms. The predicted molar refractivity (Wildman–Crippen MR) is 114 cm³/mol. The fourth-order valence-corrected chi connectivity index (χ4v) is 5.20. The molecule has 0 saturated heterocycles. The van der Waals surface area contributed by atoms with Crippen molar-refractivity contribution in [2.75, 3.05) is 11.9 Å². The number of imidazole rings is 1. The van der Waals surface area contributed by atoms with Crippen molar-refractivity contribution in [3.8, 4) is 0 Å². The molecule has 0 fully saturated rings. The molecule has 3 aromatic rings. The number of anilines is 1. The van der Waals surface area contributed by atoms with Crippen molar-refractivity contribution in [3.63, 3.8) is 0 Å². The van der Waals surface area contributed by atoms with Crippen LogP contribution in [0.1, 0.15) is 69.2 Å². The fourth-order valence-electron chi connectivity index (χ4n) is 3.93. The van der Waals surface area contributed by atoms with E-state index in [0.29, 0.717) is 22.7 Å². The average Bonchev–Trinajstić information content (AvgIpc) is 3.24. The first-order chi connectivity index (χ1) is 14.0. The Hall–Kier alpha value is -2.67. The van der Waals surface area contributed by atoms with Crippen LogP contribution >= 0.6 is 11.3 Å². The number of hydrogen-bond acceptors (Lipinski definition) is 5. The second-order valence-corrected chi connectivity index (χ2v) is 8.34. The van der Waals surface area contributed by atoms with Crippen LogP contribution in [0.25, 0.3) is 5.65 Å². The van der Waals surface area contributed by atoms with E-state index in [-0.39, 0.29) is 11.9 Å². The van der Waals surface area contributed by atoms with Gasteiger partial charge in [0.1, 0.15) is 10.6 Å². The molecule has 4 rings (SSSR count). The summed E-state index contributed by atoms with van der Waals surface area (Å²) in [5.41, 5.74) is 5.00. The molecule has 1 N–H and O–H groups in total. The van der Waals surface area contributed by atoms with E-state index in [4.69, 9.17) is 4.74 Å². The third-order valence-electron chi connectivity index (χ3n) is 5.43. The highest BCUT2D eigenvalue weighted by Gasteiger charge is 2.27. The highest BCUT2D eigenvalue weighted by atomic mass is 32.1. The monoisotopic (exact) mass is 411 g/mol. The number of nitrogens with zero attached hydrogens (tertiary/aromatic N) is 2. The van der Waals surface area contributed by atoms with Crippen LogP contribution in [0, 0.1) is 6.92 Å². The standard InChI is InChI=1S/C22H25N3O3S/c1-4-16-13(3)25-12-14(10-11-18(25)23-16)20(26)24-21-19(22(27)28-5-2)15-8-6-7-9-17(15)29-21/h10-12H,4-9H2,1-3H3,(H,24,26). The van der Waals surface area contributed by atoms with Crippen LogP contribution in [0.4, 0.5) is 5.00 Å². The zero-order valence-electron chi connectivity index (χ0n) is 17.0. The number of aromatic nitrogens is 2. The van der Waals surface area contributed by atoms with Crippen LogP contribution < -0.4 is 5.32 Å². The molecule has 3 aromatic heterocycles. The molecule has 0 atom stereocenters. The van der Waals surface area contributed by atoms with Gasteiger partial charge in [-0.15, -0.1) is 11.3 Å². The number of pyridine rings is 1. The zero-order chi connectivity index (χ0) is 20.5. The molecule has 0 unspecified atom stereocenters. The summed E-state index contributed by atoms with van der Waals surface area (Å²) in [6, 6.07) is 3.63. The lowest BCUT2D eigenvalue weighted by Crippen LogP contribution is -2.16. The van der Waals surface area contributed by atoms with E-state index in [0.717, 1.165) is 54.7 Å². The summed E-state index contributed by atoms with van der Waals surface area (Å²) in [6.07, 6.45) is 6.62. The summed E-state index contributed by atoms with van der Waals surface area (Å²) in [5, 5.41) is 3.57. The maximum absolute atomic E-state index is 13.0. The summed E-state index contributed by atoms with van der Waals surface area (Å²) in [4.78, 5) is 31.4. The van der Waals surface area contributed by atoms with E-state index in [1.165, 1.54) is 16.2 Å². The van der Waals surface area contributed by atoms with Crippen molar-refractivity contribution in [2.45, 2.75) is 52.9 Å². The smallest absolute Gasteiger partial charge is 0.341 e. The van der Waals surface area contributed by atoms with Gasteiger partial charge in [-0.3, -0.25) is 4.79 Å². The van der Waals surface area contributed by atoms with Crippen LogP contribution in [-0.4, -0.2) is 27.9 Å². The van der Waals surface area contributed by atoms with Gasteiger partial charge >= 0.3 is 5.97 Å². The van der Waals surface area contributed by atoms with E-state index >= 15 is 0 Å². The number of rotatable bonds is 5. The van der Waals surface area contributed by atoms with Gasteiger partial charge < -0.3 is 14.5 Å². The molecule has 0 spiro atoms. The van der Waals surface area contributed by atoms with Gasteiger partial charge in [0.2, 0.25) is 0 Å². The number of amides is 1. The maximum Gasteiger partial charge on any atom is 0.341 e. The van der Waals surface area contributed by atoms with Gasteiger partial charge in [0.15, 0.2) is 0 Å². The lowest BCUT2D eigenvalue weighted by Gasteiger charge is -2.12. The van der Waals surface area contributed by atoms with Crippen LogP contribution in [0.3, 0.4) is 0 Å². The van der Waals surface area contributed by atoms with E-state index in [2.05, 4.69) is 17.2 Å². The predicted octanol–water partition coefficient (Wildman–Crippen LogP) is 4.57. The SMILES string of the molecule is CCOC(=O)c1c(NC(=O)c2ccc3nc(CC)c(C)n3c2)sc2c1CCCC2. The number of nitrogens with one attached hydrogen (secondary N) is 1. The first-order valence-corrected chi connectivity index (χ1v) is 11.0. The largest absolute Gasteiger partial charge is 0.462 e. The quantitative estimate of drug-likeness (QED) is 0.624. The van der Waals surface area contributed by atoms with E-state index in [9.17, 15) is 9.59 Å². The van der Waals surface area contributed by atoms with Crippen molar-refractivity contribution < 1.29 is 14.3 Å². The number of fused-ring (bicyclic) bond motifs is 2. The van der Waals surface area contributed by atoms with Gasteiger partial charge in [-0.25, -0.2) is 9.78 Å². The fraction of sp³-hybridized carbons (Fsp3) is 0.409. The van der Waals surface area contributed by atoms with Gasteiger partial charge in [-0.2, -0.15) is 0 Å². The number of esters is 1. The molecule has 0 radical (unpaired) electrons. The van der Waals surface area contributed by atoms with Crippen molar-refractivity contribution in [2.24, 2.45) is 0 Å². The van der Waals surface area contributed by atoms with Crippen LogP contribution in [-0.2, 0) is 24.0 Å². The molecule has 1 aliphatic rings. The maximum atomic E-state index is 13.0. The lowest BCUT2D eigenvalue weighted by atomic mass is 9.95. The Morgan fingerprint density at radius 3 is 2.79 bits per heavy atom. The topological polar surface area (TPSA) is 72.7 Å². The average molecular weight is 412 g/mol. The van der Waals surface area contributed by atoms with E-state index < -0.39 is 0 Å². The second kappa shape index (κ2) is 7.99. The van der Waals surface area contributed by atoms with Crippen LogP contribution in [0.15, 0.2) is 18.3 Å². The van der Waals surface area contributed by atoms with Gasteiger partial charge in [0.05, 0.1) is 23.4 Å². The Morgan fingerprint density at radius 2 is 2.03 bits per heavy atom. The first-order valence-electron chi connectivity index (χ1n) is 10.1. The van der Waals surface area contributed by atoms with Crippen molar-refractivity contribution >= 4 is 33.9 Å². The minimum Gasteiger partial charge on any atom is -0.462 e. The van der Waals surface area contributed by atoms with Gasteiger partial charge in [0, 0.05) is 16.8 Å². The molecule has 0 aliphatic heterocycles. The Bertz CT molecular complexity index is 1100. The molecule has 152 valence electrons. The van der Waals surface area contributed by atoms with Crippen molar-refractivity contribution in [1.29, 1.82) is 0 Å². The van der Waals surface area contributed by atoms with E-state index in [1.807, 2.05) is 23.6 Å². The van der Waals surface area contributed by atoms with E-state index in [1.54, 1.807) is 13.0 Å². The molecule has 0 aromatic carbocycles. The van der Waals surface area contributed by atoms with Crippen LogP contribution in [0.2, 0.25) is 0 Å². The third-order valence-corrected chi connectivity index (χ3v) is 6.64. The summed E-state index contributed by atoms with van der Waals surface area (Å²) in [7, 11) is 0. The summed E-state index contributed by atoms with van der Waals surface area (Å²) in [6.45, 7) is 6.18. The third kappa shape index (κ3) is 3.55. The molecule has 7 heteroatoms. The number of carbonyl (C=O) groups is 2. The van der Waals surface area contributed by atoms with Gasteiger partial charge in [-0.05, 0) is 63.6 Å². The highest BCUT2D eigenvalue weighted by Crippen LogP contribution is 2.38. The molecule has 3 heterocycles. The Morgan fingerprint density at radius 1 is 1.24 bits per heavy atom. The number of carbonyl (C=O) groups excluding carboxylic acids is 2. The molecule has 1 aliphatic carbocycles. The summed E-state index contributed by atoms with van der Waals surface area (Å²) < 4.78 is 7.22. The number of aryl methyl sites for hydroxylation is 3. The van der Waals surface area contributed by atoms with Crippen LogP contribution in [0.5, 0.6) is 0 Å². The number of thiophene rings is 1. The molecule has 0 bridgehead atoms. The Kier molecular flexibility index (Phi) is 5.41. The Balaban J connectivity index is 1.68. The summed E-state index contributed by atoms with van der Waals surface area (Å²) >= 11 is 1.50. The van der Waals surface area contributed by atoms with Gasteiger partial charge in [-0.1, -0.05) is 6.92 Å². The molecular formula is C22H25N3O3S. The number of ether oxygens (including phenoxy) is 1. The lowest BCUT2D eigenvalue weighted by molar-refractivity contribution is 0.0526. The zero-order valence-corrected chi connectivity index (χ0v) is 17.8. The highest BCUT2D eigenvalue weighted by molar-refractivity contribution is 7.17. The molecule has 6 nitrogen and oxygen atoms in total. The van der Waals surface area contributed by atoms with Crippen molar-refractivity contribution in [1.82, 2.24) is 9.38 Å². The molecular weight excluding hydrogens is 386 g/mol. The molecule has 1 amide bonds. The van der Waals surface area contributed by atoms with Crippen molar-refractivity contribution in [3.05, 3.63) is 51.3 Å². The van der Waals surface area contributed by atoms with Gasteiger partial charge in [0.25, 0.3) is 5.91 Å². The number of hydrogen-bond donors (Lipinski definition) is 1. The summed E-state index contributed by atoms with van der Waals surface area (Å²) in [5.74, 6) is -0.585. The Labute approximate surface area is 173 Å². The minimum atomic E-state index is -0.351. The minimum absolute atomic E-state index is 0.234. The molecule has 0 saturated carbocycles. The first kappa shape index (κ1) is 19.6. The second-order valence-electron chi connectivity index (χ2n) is 7.23.